The van der Waals surface area contributed by atoms with E-state index in [1.54, 1.807) is 6.92 Å². The Morgan fingerprint density at radius 2 is 2.00 bits per heavy atom. The first kappa shape index (κ1) is 10.2. The van der Waals surface area contributed by atoms with Crippen LogP contribution in [0.3, 0.4) is 0 Å². The number of esters is 1. The molecule has 0 amide bonds. The van der Waals surface area contributed by atoms with Gasteiger partial charge in [0.15, 0.2) is 0 Å². The minimum atomic E-state index is -0.422. The fourth-order valence-electron chi connectivity index (χ4n) is 1.77. The van der Waals surface area contributed by atoms with Gasteiger partial charge in [0, 0.05) is 5.92 Å². The second-order valence-electron chi connectivity index (χ2n) is 3.47. The van der Waals surface area contributed by atoms with Crippen LogP contribution in [0.5, 0.6) is 0 Å². The normalized spacial score (nSPS) is 18.2. The minimum absolute atomic E-state index is 0.160. The first-order chi connectivity index (χ1) is 6.25. The summed E-state index contributed by atoms with van der Waals surface area (Å²) < 4.78 is 4.79. The zero-order valence-corrected chi connectivity index (χ0v) is 8.14. The molecule has 3 heteroatoms. The molecule has 0 radical (unpaired) electrons. The molecular weight excluding hydrogens is 166 g/mol. The molecule has 0 aliphatic heterocycles. The van der Waals surface area contributed by atoms with E-state index in [2.05, 4.69) is 0 Å². The molecule has 1 saturated carbocycles. The zero-order chi connectivity index (χ0) is 9.68. The molecule has 0 unspecified atom stereocenters. The van der Waals surface area contributed by atoms with Crippen molar-refractivity contribution in [3.63, 3.8) is 0 Å². The summed E-state index contributed by atoms with van der Waals surface area (Å²) in [6.45, 7) is 2.14. The number of hydrogen-bond acceptors (Lipinski definition) is 3. The molecule has 0 aromatic carbocycles. The Balaban J connectivity index is 2.40. The fraction of sp³-hybridized carbons (Fsp3) is 0.800. The van der Waals surface area contributed by atoms with E-state index in [1.165, 1.54) is 6.42 Å². The van der Waals surface area contributed by atoms with Gasteiger partial charge in [0.2, 0.25) is 0 Å². The molecule has 13 heavy (non-hydrogen) atoms. The van der Waals surface area contributed by atoms with Gasteiger partial charge in [0.25, 0.3) is 0 Å². The van der Waals surface area contributed by atoms with Crippen LogP contribution in [-0.2, 0) is 9.53 Å². The van der Waals surface area contributed by atoms with Gasteiger partial charge in [-0.25, -0.2) is 4.79 Å². The lowest BCUT2D eigenvalue weighted by molar-refractivity contribution is -0.135. The molecule has 1 aliphatic carbocycles. The number of rotatable bonds is 3. The molecule has 1 rings (SSSR count). The molecule has 0 aromatic rings. The summed E-state index contributed by atoms with van der Waals surface area (Å²) in [6.07, 6.45) is 5.50. The number of ether oxygens (including phenoxy) is 1. The van der Waals surface area contributed by atoms with E-state index in [-0.39, 0.29) is 11.6 Å². The molecule has 0 spiro atoms. The third-order valence-electron chi connectivity index (χ3n) is 2.51. The second-order valence-corrected chi connectivity index (χ2v) is 3.47. The molecular formula is C10H17NO2. The first-order valence-electron chi connectivity index (χ1n) is 5.01. The summed E-state index contributed by atoms with van der Waals surface area (Å²) >= 11 is 0. The van der Waals surface area contributed by atoms with Crippen LogP contribution >= 0.6 is 0 Å². The standard InChI is InChI=1S/C10H17NO2/c1-2-13-10(12)9(11)8-6-4-3-5-7-8/h8,11H,2-7H2,1H3. The summed E-state index contributed by atoms with van der Waals surface area (Å²) in [5.74, 6) is -0.262. The predicted molar refractivity (Wildman–Crippen MR) is 50.9 cm³/mol. The summed E-state index contributed by atoms with van der Waals surface area (Å²) in [5.41, 5.74) is 0.182. The topological polar surface area (TPSA) is 50.2 Å². The van der Waals surface area contributed by atoms with Crippen LogP contribution in [0.4, 0.5) is 0 Å². The van der Waals surface area contributed by atoms with Crippen molar-refractivity contribution in [1.82, 2.24) is 0 Å². The van der Waals surface area contributed by atoms with E-state index in [0.29, 0.717) is 6.61 Å². The Labute approximate surface area is 79.0 Å². The van der Waals surface area contributed by atoms with Crippen molar-refractivity contribution in [1.29, 1.82) is 5.41 Å². The SMILES string of the molecule is CCOC(=O)C(=N)C1CCCCC1. The second kappa shape index (κ2) is 5.00. The smallest absolute Gasteiger partial charge is 0.352 e. The lowest BCUT2D eigenvalue weighted by Gasteiger charge is -2.20. The van der Waals surface area contributed by atoms with Crippen molar-refractivity contribution in [3.05, 3.63) is 0 Å². The quantitative estimate of drug-likeness (QED) is 0.538. The number of carbonyl (C=O) groups excluding carboxylic acids is 1. The minimum Gasteiger partial charge on any atom is -0.462 e. The number of carbonyl (C=O) groups is 1. The molecule has 0 aromatic heterocycles. The highest BCUT2D eigenvalue weighted by Crippen LogP contribution is 2.24. The molecule has 0 atom stereocenters. The van der Waals surface area contributed by atoms with Crippen LogP contribution in [0.25, 0.3) is 0 Å². The molecule has 0 saturated heterocycles. The summed E-state index contributed by atoms with van der Waals surface area (Å²) in [5, 5.41) is 7.62. The third-order valence-corrected chi connectivity index (χ3v) is 2.51. The monoisotopic (exact) mass is 183 g/mol. The lowest BCUT2D eigenvalue weighted by atomic mass is 9.86. The first-order valence-corrected chi connectivity index (χ1v) is 5.01. The van der Waals surface area contributed by atoms with Crippen LogP contribution in [0.2, 0.25) is 0 Å². The van der Waals surface area contributed by atoms with Crippen molar-refractivity contribution in [2.75, 3.05) is 6.61 Å². The highest BCUT2D eigenvalue weighted by atomic mass is 16.5. The van der Waals surface area contributed by atoms with Gasteiger partial charge >= 0.3 is 5.97 Å². The van der Waals surface area contributed by atoms with E-state index < -0.39 is 5.97 Å². The number of nitrogens with one attached hydrogen (secondary N) is 1. The van der Waals surface area contributed by atoms with E-state index in [4.69, 9.17) is 10.1 Å². The van der Waals surface area contributed by atoms with Crippen LogP contribution in [-0.4, -0.2) is 18.3 Å². The van der Waals surface area contributed by atoms with Gasteiger partial charge in [0.05, 0.1) is 6.61 Å². The zero-order valence-electron chi connectivity index (χ0n) is 8.14. The van der Waals surface area contributed by atoms with Crippen LogP contribution in [0, 0.1) is 11.3 Å². The molecule has 3 nitrogen and oxygen atoms in total. The Bertz CT molecular complexity index is 195. The van der Waals surface area contributed by atoms with Crippen molar-refractivity contribution >= 4 is 11.7 Å². The molecule has 1 N–H and O–H groups in total. The summed E-state index contributed by atoms with van der Waals surface area (Å²) in [4.78, 5) is 11.2. The third kappa shape index (κ3) is 2.83. The van der Waals surface area contributed by atoms with Crippen LogP contribution in [0.15, 0.2) is 0 Å². The maximum Gasteiger partial charge on any atom is 0.352 e. The van der Waals surface area contributed by atoms with E-state index in [1.807, 2.05) is 0 Å². The molecule has 1 aliphatic rings. The van der Waals surface area contributed by atoms with Crippen molar-refractivity contribution < 1.29 is 9.53 Å². The molecule has 74 valence electrons. The lowest BCUT2D eigenvalue weighted by Crippen LogP contribution is -2.26. The average Bonchev–Trinajstić information content (AvgIpc) is 2.18. The van der Waals surface area contributed by atoms with Gasteiger partial charge in [0.1, 0.15) is 5.71 Å². The highest BCUT2D eigenvalue weighted by molar-refractivity contribution is 6.35. The predicted octanol–water partition coefficient (Wildman–Crippen LogP) is 2.15. The Hall–Kier alpha value is -0.860. The van der Waals surface area contributed by atoms with Crippen molar-refractivity contribution in [3.8, 4) is 0 Å². The Morgan fingerprint density at radius 1 is 1.38 bits per heavy atom. The van der Waals surface area contributed by atoms with Gasteiger partial charge in [-0.1, -0.05) is 19.3 Å². The number of hydrogen-bond donors (Lipinski definition) is 1. The van der Waals surface area contributed by atoms with Gasteiger partial charge < -0.3 is 4.74 Å². The largest absolute Gasteiger partial charge is 0.462 e. The van der Waals surface area contributed by atoms with Crippen molar-refractivity contribution in [2.45, 2.75) is 39.0 Å². The van der Waals surface area contributed by atoms with Gasteiger partial charge in [-0.05, 0) is 19.8 Å². The summed E-state index contributed by atoms with van der Waals surface area (Å²) in [6, 6.07) is 0. The Morgan fingerprint density at radius 3 is 2.54 bits per heavy atom. The fourth-order valence-corrected chi connectivity index (χ4v) is 1.77. The van der Waals surface area contributed by atoms with E-state index in [9.17, 15) is 4.79 Å². The van der Waals surface area contributed by atoms with E-state index >= 15 is 0 Å². The molecule has 0 heterocycles. The van der Waals surface area contributed by atoms with Crippen LogP contribution < -0.4 is 0 Å². The molecule has 0 bridgehead atoms. The van der Waals surface area contributed by atoms with Gasteiger partial charge in [-0.3, -0.25) is 5.41 Å². The van der Waals surface area contributed by atoms with Crippen LogP contribution in [0.1, 0.15) is 39.0 Å². The highest BCUT2D eigenvalue weighted by Gasteiger charge is 2.23. The van der Waals surface area contributed by atoms with Gasteiger partial charge in [-0.2, -0.15) is 0 Å². The Kier molecular flexibility index (Phi) is 3.93. The average molecular weight is 183 g/mol. The summed E-state index contributed by atoms with van der Waals surface area (Å²) in [7, 11) is 0. The van der Waals surface area contributed by atoms with Crippen molar-refractivity contribution in [2.24, 2.45) is 5.92 Å². The maximum atomic E-state index is 11.2. The van der Waals surface area contributed by atoms with Gasteiger partial charge in [-0.15, -0.1) is 0 Å². The maximum absolute atomic E-state index is 11.2. The van der Waals surface area contributed by atoms with E-state index in [0.717, 1.165) is 25.7 Å². The molecule has 1 fully saturated rings.